The van der Waals surface area contributed by atoms with Gasteiger partial charge in [-0.3, -0.25) is 14.4 Å². The summed E-state index contributed by atoms with van der Waals surface area (Å²) in [6, 6.07) is 12.7. The van der Waals surface area contributed by atoms with Crippen LogP contribution in [-0.4, -0.2) is 17.6 Å². The average molecular weight is 364 g/mol. The van der Waals surface area contributed by atoms with E-state index >= 15 is 0 Å². The van der Waals surface area contributed by atoms with Crippen molar-refractivity contribution in [3.8, 4) is 0 Å². The van der Waals surface area contributed by atoms with Crippen LogP contribution in [0.25, 0.3) is 0 Å². The predicted octanol–water partition coefficient (Wildman–Crippen LogP) is 3.97. The largest absolute Gasteiger partial charge is 0.326 e. The fourth-order valence-corrected chi connectivity index (χ4v) is 3.22. The second-order valence-electron chi connectivity index (χ2n) is 7.02. The maximum Gasteiger partial charge on any atom is 0.228 e. The zero-order valence-corrected chi connectivity index (χ0v) is 15.8. The van der Waals surface area contributed by atoms with Crippen molar-refractivity contribution in [3.63, 3.8) is 0 Å². The SMILES string of the molecule is CCc1cccc(C)c1NC(=O)C1CC1C(=O)Nc1ccc(C(C)=O)cc1. The molecule has 2 N–H and O–H groups in total. The highest BCUT2D eigenvalue weighted by Crippen LogP contribution is 2.40. The van der Waals surface area contributed by atoms with Crippen LogP contribution in [0.2, 0.25) is 0 Å². The van der Waals surface area contributed by atoms with E-state index in [-0.39, 0.29) is 29.4 Å². The highest BCUT2D eigenvalue weighted by molar-refractivity contribution is 6.04. The smallest absolute Gasteiger partial charge is 0.228 e. The lowest BCUT2D eigenvalue weighted by atomic mass is 10.1. The van der Waals surface area contributed by atoms with Crippen LogP contribution < -0.4 is 10.6 Å². The third kappa shape index (κ3) is 4.25. The van der Waals surface area contributed by atoms with E-state index in [1.165, 1.54) is 6.92 Å². The number of anilines is 2. The molecule has 2 aromatic rings. The molecular weight excluding hydrogens is 340 g/mol. The van der Waals surface area contributed by atoms with Crippen LogP contribution in [0.5, 0.6) is 0 Å². The van der Waals surface area contributed by atoms with Crippen LogP contribution in [-0.2, 0) is 16.0 Å². The lowest BCUT2D eigenvalue weighted by Gasteiger charge is -2.13. The molecule has 2 unspecified atom stereocenters. The van der Waals surface area contributed by atoms with Gasteiger partial charge in [0.05, 0.1) is 11.8 Å². The molecule has 3 rings (SSSR count). The Bertz CT molecular complexity index is 887. The number of hydrogen-bond donors (Lipinski definition) is 2. The Kier molecular flexibility index (Phi) is 5.40. The van der Waals surface area contributed by atoms with Gasteiger partial charge in [0.2, 0.25) is 11.8 Å². The minimum absolute atomic E-state index is 0.0190. The molecule has 27 heavy (non-hydrogen) atoms. The number of aryl methyl sites for hydroxylation is 2. The van der Waals surface area contributed by atoms with Crippen molar-refractivity contribution in [2.24, 2.45) is 11.8 Å². The van der Waals surface area contributed by atoms with E-state index < -0.39 is 0 Å². The molecule has 5 heteroatoms. The Balaban J connectivity index is 1.59. The summed E-state index contributed by atoms with van der Waals surface area (Å²) in [5.74, 6) is -0.899. The van der Waals surface area contributed by atoms with Crippen molar-refractivity contribution in [3.05, 3.63) is 59.2 Å². The van der Waals surface area contributed by atoms with E-state index in [1.807, 2.05) is 25.1 Å². The third-order valence-electron chi connectivity index (χ3n) is 5.01. The van der Waals surface area contributed by atoms with Gasteiger partial charge in [0.25, 0.3) is 0 Å². The molecule has 0 spiro atoms. The molecule has 0 aromatic heterocycles. The van der Waals surface area contributed by atoms with Gasteiger partial charge in [0.1, 0.15) is 0 Å². The second kappa shape index (κ2) is 7.74. The molecule has 1 aliphatic rings. The van der Waals surface area contributed by atoms with Gasteiger partial charge in [-0.25, -0.2) is 0 Å². The van der Waals surface area contributed by atoms with Crippen molar-refractivity contribution in [2.45, 2.75) is 33.6 Å². The van der Waals surface area contributed by atoms with Crippen LogP contribution >= 0.6 is 0 Å². The van der Waals surface area contributed by atoms with Crippen molar-refractivity contribution in [1.29, 1.82) is 0 Å². The summed E-state index contributed by atoms with van der Waals surface area (Å²) in [5, 5.41) is 5.83. The Morgan fingerprint density at radius 3 is 2.19 bits per heavy atom. The molecule has 0 bridgehead atoms. The quantitative estimate of drug-likeness (QED) is 0.762. The van der Waals surface area contributed by atoms with Gasteiger partial charge in [-0.1, -0.05) is 25.1 Å². The molecule has 140 valence electrons. The molecule has 2 amide bonds. The Morgan fingerprint density at radius 2 is 1.59 bits per heavy atom. The lowest BCUT2D eigenvalue weighted by molar-refractivity contribution is -0.122. The van der Waals surface area contributed by atoms with Crippen molar-refractivity contribution in [1.82, 2.24) is 0 Å². The van der Waals surface area contributed by atoms with Gasteiger partial charge < -0.3 is 10.6 Å². The monoisotopic (exact) mass is 364 g/mol. The van der Waals surface area contributed by atoms with Crippen molar-refractivity contribution in [2.75, 3.05) is 10.6 Å². The van der Waals surface area contributed by atoms with Gasteiger partial charge >= 0.3 is 0 Å². The molecule has 5 nitrogen and oxygen atoms in total. The molecule has 1 aliphatic carbocycles. The average Bonchev–Trinajstić information content (AvgIpc) is 3.45. The number of amides is 2. The first kappa shape index (κ1) is 18.8. The maximum atomic E-state index is 12.6. The number of ketones is 1. The number of para-hydroxylation sites is 1. The van der Waals surface area contributed by atoms with E-state index in [0.717, 1.165) is 23.2 Å². The highest BCUT2D eigenvalue weighted by atomic mass is 16.2. The fourth-order valence-electron chi connectivity index (χ4n) is 3.22. The standard InChI is InChI=1S/C22H24N2O3/c1-4-15-7-5-6-13(2)20(15)24-22(27)19-12-18(19)21(26)23-17-10-8-16(9-11-17)14(3)25/h5-11,18-19H,4,12H2,1-3H3,(H,23,26)(H,24,27). The summed E-state index contributed by atoms with van der Waals surface area (Å²) < 4.78 is 0. The van der Waals surface area contributed by atoms with Gasteiger partial charge in [-0.2, -0.15) is 0 Å². The zero-order chi connectivity index (χ0) is 19.6. The van der Waals surface area contributed by atoms with Crippen molar-refractivity contribution < 1.29 is 14.4 Å². The summed E-state index contributed by atoms with van der Waals surface area (Å²) in [5.41, 5.74) is 4.20. The van der Waals surface area contributed by atoms with Crippen LogP contribution in [0.1, 0.15) is 41.8 Å². The van der Waals surface area contributed by atoms with Gasteiger partial charge in [-0.15, -0.1) is 0 Å². The van der Waals surface area contributed by atoms with E-state index in [1.54, 1.807) is 24.3 Å². The van der Waals surface area contributed by atoms with Crippen LogP contribution in [0.4, 0.5) is 11.4 Å². The van der Waals surface area contributed by atoms with Gasteiger partial charge in [0, 0.05) is 16.9 Å². The first-order valence-corrected chi connectivity index (χ1v) is 9.22. The zero-order valence-electron chi connectivity index (χ0n) is 15.8. The molecule has 1 fully saturated rings. The molecule has 0 aliphatic heterocycles. The number of rotatable bonds is 6. The van der Waals surface area contributed by atoms with E-state index in [9.17, 15) is 14.4 Å². The van der Waals surface area contributed by atoms with E-state index in [2.05, 4.69) is 17.6 Å². The van der Waals surface area contributed by atoms with Gasteiger partial charge in [-0.05, 0) is 62.1 Å². The Hall–Kier alpha value is -2.95. The minimum Gasteiger partial charge on any atom is -0.326 e. The number of hydrogen-bond acceptors (Lipinski definition) is 3. The predicted molar refractivity (Wildman–Crippen MR) is 106 cm³/mol. The first-order chi connectivity index (χ1) is 12.9. The third-order valence-corrected chi connectivity index (χ3v) is 5.01. The van der Waals surface area contributed by atoms with Crippen LogP contribution in [0, 0.1) is 18.8 Å². The number of carbonyl (C=O) groups is 3. The minimum atomic E-state index is -0.313. The summed E-state index contributed by atoms with van der Waals surface area (Å²) in [6.07, 6.45) is 1.39. The number of nitrogens with one attached hydrogen (secondary N) is 2. The van der Waals surface area contributed by atoms with E-state index in [4.69, 9.17) is 0 Å². The molecule has 0 radical (unpaired) electrons. The van der Waals surface area contributed by atoms with E-state index in [0.29, 0.717) is 17.7 Å². The first-order valence-electron chi connectivity index (χ1n) is 9.22. The summed E-state index contributed by atoms with van der Waals surface area (Å²) in [6.45, 7) is 5.52. The molecular formula is C22H24N2O3. The molecule has 2 atom stereocenters. The lowest BCUT2D eigenvalue weighted by Crippen LogP contribution is -2.21. The highest BCUT2D eigenvalue weighted by Gasteiger charge is 2.48. The van der Waals surface area contributed by atoms with Gasteiger partial charge in [0.15, 0.2) is 5.78 Å². The number of Topliss-reactive ketones (excluding diaryl/α,β-unsaturated/α-hetero) is 1. The Morgan fingerprint density at radius 1 is 0.963 bits per heavy atom. The fraction of sp³-hybridized carbons (Fsp3) is 0.318. The molecule has 1 saturated carbocycles. The molecule has 2 aromatic carbocycles. The number of benzene rings is 2. The second-order valence-corrected chi connectivity index (χ2v) is 7.02. The van der Waals surface area contributed by atoms with Crippen LogP contribution in [0.15, 0.2) is 42.5 Å². The van der Waals surface area contributed by atoms with Crippen molar-refractivity contribution >= 4 is 29.0 Å². The topological polar surface area (TPSA) is 75.3 Å². The maximum absolute atomic E-state index is 12.6. The van der Waals surface area contributed by atoms with Crippen LogP contribution in [0.3, 0.4) is 0 Å². The number of carbonyl (C=O) groups excluding carboxylic acids is 3. The summed E-state index contributed by atoms with van der Waals surface area (Å²) in [4.78, 5) is 36.2. The summed E-state index contributed by atoms with van der Waals surface area (Å²) in [7, 11) is 0. The molecule has 0 heterocycles. The normalized spacial score (nSPS) is 17.9. The summed E-state index contributed by atoms with van der Waals surface area (Å²) >= 11 is 0. The Labute approximate surface area is 159 Å². The molecule has 0 saturated heterocycles.